The number of nitrogens with zero attached hydrogens (tertiary/aromatic N) is 1. The van der Waals surface area contributed by atoms with Crippen LogP contribution < -0.4 is 15.0 Å². The van der Waals surface area contributed by atoms with Crippen molar-refractivity contribution in [2.75, 3.05) is 11.4 Å². The molecule has 0 radical (unpaired) electrons. The molecule has 1 aliphatic rings. The maximum atomic E-state index is 12.6. The molecule has 0 fully saturated rings. The molecule has 0 aliphatic carbocycles. The summed E-state index contributed by atoms with van der Waals surface area (Å²) in [4.78, 5) is 26.4. The molecule has 3 rings (SSSR count). The van der Waals surface area contributed by atoms with Gasteiger partial charge in [-0.3, -0.25) is 9.59 Å². The topological polar surface area (TPSA) is 58.6 Å². The van der Waals surface area contributed by atoms with Crippen LogP contribution in [0.2, 0.25) is 0 Å². The molecule has 1 N–H and O–H groups in total. The molecule has 26 heavy (non-hydrogen) atoms. The van der Waals surface area contributed by atoms with Gasteiger partial charge in [0, 0.05) is 23.9 Å². The maximum absolute atomic E-state index is 12.6. The number of para-hydroxylation sites is 2. The van der Waals surface area contributed by atoms with Crippen LogP contribution in [0.1, 0.15) is 25.3 Å². The van der Waals surface area contributed by atoms with Gasteiger partial charge in [-0.25, -0.2) is 0 Å². The Kier molecular flexibility index (Phi) is 5.93. The van der Waals surface area contributed by atoms with E-state index in [9.17, 15) is 9.59 Å². The molecule has 1 atom stereocenters. The molecule has 0 bridgehead atoms. The van der Waals surface area contributed by atoms with Gasteiger partial charge in [0.25, 0.3) is 0 Å². The fraction of sp³-hybridized carbons (Fsp3) is 0.300. The summed E-state index contributed by atoms with van der Waals surface area (Å²) < 4.78 is 6.71. The van der Waals surface area contributed by atoms with Crippen molar-refractivity contribution in [1.82, 2.24) is 5.32 Å². The predicted molar refractivity (Wildman–Crippen MR) is 104 cm³/mol. The zero-order chi connectivity index (χ0) is 18.5. The largest absolute Gasteiger partial charge is 0.487 e. The third-order valence-electron chi connectivity index (χ3n) is 4.22. The lowest BCUT2D eigenvalue weighted by molar-refractivity contribution is -0.125. The first-order valence-electron chi connectivity index (χ1n) is 8.61. The van der Waals surface area contributed by atoms with Gasteiger partial charge in [0.2, 0.25) is 11.8 Å². The molecular formula is C20H21BrN2O3. The number of anilines is 1. The highest BCUT2D eigenvalue weighted by atomic mass is 79.9. The maximum Gasteiger partial charge on any atom is 0.227 e. The summed E-state index contributed by atoms with van der Waals surface area (Å²) in [6, 6.07) is 15.2. The highest BCUT2D eigenvalue weighted by molar-refractivity contribution is 9.10. The number of amides is 2. The van der Waals surface area contributed by atoms with Gasteiger partial charge in [-0.05, 0) is 30.7 Å². The number of halogens is 1. The van der Waals surface area contributed by atoms with Crippen molar-refractivity contribution in [3.8, 4) is 5.75 Å². The molecule has 2 aromatic carbocycles. The Morgan fingerprint density at radius 3 is 2.69 bits per heavy atom. The van der Waals surface area contributed by atoms with Gasteiger partial charge < -0.3 is 15.0 Å². The van der Waals surface area contributed by atoms with E-state index in [0.29, 0.717) is 18.8 Å². The highest BCUT2D eigenvalue weighted by Gasteiger charge is 2.27. The lowest BCUT2D eigenvalue weighted by Crippen LogP contribution is -2.42. The lowest BCUT2D eigenvalue weighted by atomic mass is 10.1. The fourth-order valence-electron chi connectivity index (χ4n) is 2.90. The molecule has 1 aliphatic heterocycles. The van der Waals surface area contributed by atoms with Crippen molar-refractivity contribution in [3.05, 3.63) is 58.6 Å². The highest BCUT2D eigenvalue weighted by Crippen LogP contribution is 2.33. The molecule has 6 heteroatoms. The summed E-state index contributed by atoms with van der Waals surface area (Å²) in [6.45, 7) is 2.86. The van der Waals surface area contributed by atoms with Crippen molar-refractivity contribution in [2.45, 2.75) is 32.4 Å². The van der Waals surface area contributed by atoms with E-state index in [1.165, 1.54) is 0 Å². The monoisotopic (exact) mass is 416 g/mol. The summed E-state index contributed by atoms with van der Waals surface area (Å²) in [5.74, 6) is 0.505. The van der Waals surface area contributed by atoms with Gasteiger partial charge in [-0.1, -0.05) is 46.3 Å². The summed E-state index contributed by atoms with van der Waals surface area (Å²) in [5.41, 5.74) is 1.77. The average molecular weight is 417 g/mol. The van der Waals surface area contributed by atoms with Crippen molar-refractivity contribution in [3.63, 3.8) is 0 Å². The second-order valence-corrected chi connectivity index (χ2v) is 7.12. The van der Waals surface area contributed by atoms with Crippen LogP contribution in [0, 0.1) is 0 Å². The van der Waals surface area contributed by atoms with Crippen molar-refractivity contribution < 1.29 is 14.3 Å². The molecule has 0 spiro atoms. The standard InChI is InChI=1S/C20H21BrN2O3/c1-14-13-23(17-8-4-5-9-18(17)26-14)20(25)11-10-19(24)22-12-15-6-2-3-7-16(15)21/h2-9,14H,10-13H2,1H3,(H,22,24)/t14-/m0/s1. The number of nitrogens with one attached hydrogen (secondary N) is 1. The van der Waals surface area contributed by atoms with Gasteiger partial charge in [-0.2, -0.15) is 0 Å². The van der Waals surface area contributed by atoms with E-state index in [1.54, 1.807) is 4.90 Å². The van der Waals surface area contributed by atoms with E-state index in [2.05, 4.69) is 21.2 Å². The third-order valence-corrected chi connectivity index (χ3v) is 5.00. The van der Waals surface area contributed by atoms with Gasteiger partial charge >= 0.3 is 0 Å². The fourth-order valence-corrected chi connectivity index (χ4v) is 3.33. The zero-order valence-corrected chi connectivity index (χ0v) is 16.2. The molecule has 1 heterocycles. The van der Waals surface area contributed by atoms with E-state index < -0.39 is 0 Å². The van der Waals surface area contributed by atoms with E-state index >= 15 is 0 Å². The van der Waals surface area contributed by atoms with Crippen LogP contribution in [0.15, 0.2) is 53.0 Å². The number of carbonyl (C=O) groups is 2. The smallest absolute Gasteiger partial charge is 0.227 e. The number of ether oxygens (including phenoxy) is 1. The molecule has 2 amide bonds. The summed E-state index contributed by atoms with van der Waals surface area (Å²) in [7, 11) is 0. The van der Waals surface area contributed by atoms with Crippen LogP contribution in [-0.4, -0.2) is 24.5 Å². The van der Waals surface area contributed by atoms with Crippen molar-refractivity contribution in [1.29, 1.82) is 0 Å². The molecule has 0 saturated carbocycles. The molecule has 0 aromatic heterocycles. The van der Waals surface area contributed by atoms with Crippen LogP contribution in [0.25, 0.3) is 0 Å². The van der Waals surface area contributed by atoms with E-state index in [4.69, 9.17) is 4.74 Å². The number of hydrogen-bond acceptors (Lipinski definition) is 3. The summed E-state index contributed by atoms with van der Waals surface area (Å²) >= 11 is 3.46. The first kappa shape index (κ1) is 18.5. The summed E-state index contributed by atoms with van der Waals surface area (Å²) in [6.07, 6.45) is 0.262. The predicted octanol–water partition coefficient (Wildman–Crippen LogP) is 3.66. The number of hydrogen-bond donors (Lipinski definition) is 1. The van der Waals surface area contributed by atoms with E-state index in [0.717, 1.165) is 15.7 Å². The minimum atomic E-state index is -0.135. The van der Waals surface area contributed by atoms with Crippen molar-refractivity contribution in [2.24, 2.45) is 0 Å². The Morgan fingerprint density at radius 2 is 1.88 bits per heavy atom. The zero-order valence-electron chi connectivity index (χ0n) is 14.6. The van der Waals surface area contributed by atoms with Crippen LogP contribution in [0.5, 0.6) is 5.75 Å². The van der Waals surface area contributed by atoms with Gasteiger partial charge in [0.1, 0.15) is 11.9 Å². The number of rotatable bonds is 5. The molecule has 0 unspecified atom stereocenters. The van der Waals surface area contributed by atoms with Crippen LogP contribution in [0.3, 0.4) is 0 Å². The number of carbonyl (C=O) groups excluding carboxylic acids is 2. The van der Waals surface area contributed by atoms with Crippen molar-refractivity contribution >= 4 is 33.4 Å². The quantitative estimate of drug-likeness (QED) is 0.808. The van der Waals surface area contributed by atoms with Gasteiger partial charge in [0.15, 0.2) is 0 Å². The van der Waals surface area contributed by atoms with Crippen LogP contribution in [0.4, 0.5) is 5.69 Å². The first-order chi connectivity index (χ1) is 12.5. The van der Waals surface area contributed by atoms with E-state index in [-0.39, 0.29) is 30.8 Å². The molecule has 136 valence electrons. The SMILES string of the molecule is C[C@H]1CN(C(=O)CCC(=O)NCc2ccccc2Br)c2ccccc2O1. The lowest BCUT2D eigenvalue weighted by Gasteiger charge is -2.33. The van der Waals surface area contributed by atoms with E-state index in [1.807, 2.05) is 55.5 Å². The molecule has 5 nitrogen and oxygen atoms in total. The van der Waals surface area contributed by atoms with Gasteiger partial charge in [-0.15, -0.1) is 0 Å². The minimum absolute atomic E-state index is 0.0661. The normalized spacial score (nSPS) is 15.8. The Bertz CT molecular complexity index is 809. The molecular weight excluding hydrogens is 396 g/mol. The van der Waals surface area contributed by atoms with Crippen LogP contribution >= 0.6 is 15.9 Å². The second-order valence-electron chi connectivity index (χ2n) is 6.27. The van der Waals surface area contributed by atoms with Gasteiger partial charge in [0.05, 0.1) is 12.2 Å². The number of fused-ring (bicyclic) bond motifs is 1. The average Bonchev–Trinajstić information content (AvgIpc) is 2.64. The Balaban J connectivity index is 1.54. The Hall–Kier alpha value is -2.34. The van der Waals surface area contributed by atoms with Crippen LogP contribution in [-0.2, 0) is 16.1 Å². The second kappa shape index (κ2) is 8.36. The number of benzene rings is 2. The third kappa shape index (κ3) is 4.43. The first-order valence-corrected chi connectivity index (χ1v) is 9.40. The Morgan fingerprint density at radius 1 is 1.15 bits per heavy atom. The Labute approximate surface area is 161 Å². The summed E-state index contributed by atoms with van der Waals surface area (Å²) in [5, 5.41) is 2.86. The molecule has 0 saturated heterocycles. The minimum Gasteiger partial charge on any atom is -0.487 e. The molecule has 2 aromatic rings.